The maximum atomic E-state index is 10.6. The molecule has 0 saturated heterocycles. The Kier molecular flexibility index (Phi) is 4.03. The van der Waals surface area contributed by atoms with Gasteiger partial charge in [0.1, 0.15) is 11.6 Å². The van der Waals surface area contributed by atoms with Gasteiger partial charge in [-0.25, -0.2) is 0 Å². The number of hydrogen-bond acceptors (Lipinski definition) is 3. The fourth-order valence-corrected chi connectivity index (χ4v) is 0.596. The lowest BCUT2D eigenvalue weighted by molar-refractivity contribution is -0.114. The summed E-state index contributed by atoms with van der Waals surface area (Å²) < 4.78 is 0. The molecule has 4 nitrogen and oxygen atoms in total. The van der Waals surface area contributed by atoms with Gasteiger partial charge in [0.15, 0.2) is 0 Å². The minimum atomic E-state index is -0.750. The molecule has 0 radical (unpaired) electrons. The third-order valence-electron chi connectivity index (χ3n) is 1.19. The van der Waals surface area contributed by atoms with Crippen LogP contribution >= 0.6 is 0 Å². The number of carbonyl (C=O) groups excluding carboxylic acids is 1. The predicted molar refractivity (Wildman–Crippen MR) is 44.3 cm³/mol. The summed E-state index contributed by atoms with van der Waals surface area (Å²) in [5.74, 6) is 1.56. The zero-order valence-electron chi connectivity index (χ0n) is 6.72. The van der Waals surface area contributed by atoms with Crippen molar-refractivity contribution in [2.24, 2.45) is 5.73 Å². The average molecular weight is 163 g/mol. The quantitative estimate of drug-likeness (QED) is 0.334. The molecule has 62 valence electrons. The van der Waals surface area contributed by atoms with Crippen LogP contribution in [0.5, 0.6) is 0 Å². The summed E-state index contributed by atoms with van der Waals surface area (Å²) in [6, 6.07) is 1.68. The fraction of sp³-hybridized carbons (Fsp3) is 0.250. The molecule has 0 bridgehead atoms. The van der Waals surface area contributed by atoms with Gasteiger partial charge in [-0.3, -0.25) is 4.79 Å². The summed E-state index contributed by atoms with van der Waals surface area (Å²) in [7, 11) is 0. The van der Waals surface area contributed by atoms with Crippen molar-refractivity contribution in [1.29, 1.82) is 5.26 Å². The van der Waals surface area contributed by atoms with Crippen LogP contribution in [0.25, 0.3) is 0 Å². The lowest BCUT2D eigenvalue weighted by Crippen LogP contribution is -2.20. The first-order valence-electron chi connectivity index (χ1n) is 3.21. The highest BCUT2D eigenvalue weighted by Crippen LogP contribution is 1.97. The third kappa shape index (κ3) is 2.76. The van der Waals surface area contributed by atoms with Crippen LogP contribution in [0.2, 0.25) is 0 Å². The Labute approximate surface area is 71.0 Å². The van der Waals surface area contributed by atoms with Crippen LogP contribution in [0.15, 0.2) is 11.3 Å². The molecule has 0 aromatic heterocycles. The van der Waals surface area contributed by atoms with Crippen molar-refractivity contribution in [3.8, 4) is 18.4 Å². The number of allylic oxidation sites excluding steroid dienone is 1. The van der Waals surface area contributed by atoms with Gasteiger partial charge < -0.3 is 11.1 Å². The molecule has 0 fully saturated rings. The predicted octanol–water partition coefficient (Wildman–Crippen LogP) is -0.508. The van der Waals surface area contributed by atoms with E-state index in [1.165, 1.54) is 0 Å². The Balaban J connectivity index is 4.55. The summed E-state index contributed by atoms with van der Waals surface area (Å²) in [4.78, 5) is 10.6. The van der Waals surface area contributed by atoms with Gasteiger partial charge in [0.25, 0.3) is 5.91 Å². The zero-order valence-corrected chi connectivity index (χ0v) is 6.72. The zero-order chi connectivity index (χ0) is 9.56. The number of amides is 1. The van der Waals surface area contributed by atoms with Gasteiger partial charge in [-0.2, -0.15) is 5.26 Å². The first kappa shape index (κ1) is 10.1. The second kappa shape index (κ2) is 4.81. The molecule has 4 heteroatoms. The van der Waals surface area contributed by atoms with E-state index in [9.17, 15) is 4.79 Å². The molecular formula is C8H9N3O. The molecule has 0 saturated carbocycles. The van der Waals surface area contributed by atoms with Crippen molar-refractivity contribution >= 4 is 5.91 Å². The molecule has 0 heterocycles. The van der Waals surface area contributed by atoms with E-state index in [2.05, 4.69) is 11.2 Å². The SMILES string of the molecule is C#CCN/C(C)=C(/C#N)C(N)=O. The van der Waals surface area contributed by atoms with Gasteiger partial charge in [-0.1, -0.05) is 5.92 Å². The van der Waals surface area contributed by atoms with E-state index in [4.69, 9.17) is 17.4 Å². The number of carbonyl (C=O) groups is 1. The Morgan fingerprint density at radius 2 is 2.33 bits per heavy atom. The normalized spacial score (nSPS) is 10.6. The molecule has 0 aliphatic carbocycles. The Bertz CT molecular complexity index is 290. The fourth-order valence-electron chi connectivity index (χ4n) is 0.596. The van der Waals surface area contributed by atoms with E-state index in [1.54, 1.807) is 13.0 Å². The van der Waals surface area contributed by atoms with E-state index in [0.29, 0.717) is 5.70 Å². The lowest BCUT2D eigenvalue weighted by Gasteiger charge is -2.02. The summed E-state index contributed by atoms with van der Waals surface area (Å²) in [5.41, 5.74) is 5.22. The highest BCUT2D eigenvalue weighted by Gasteiger charge is 2.06. The topological polar surface area (TPSA) is 78.9 Å². The summed E-state index contributed by atoms with van der Waals surface area (Å²) in [6.45, 7) is 1.84. The number of nitrogens with two attached hydrogens (primary N) is 1. The van der Waals surface area contributed by atoms with Crippen LogP contribution in [0.4, 0.5) is 0 Å². The van der Waals surface area contributed by atoms with Gasteiger partial charge in [0, 0.05) is 5.70 Å². The summed E-state index contributed by atoms with van der Waals surface area (Å²) in [6.07, 6.45) is 4.96. The Morgan fingerprint density at radius 3 is 2.67 bits per heavy atom. The van der Waals surface area contributed by atoms with Crippen molar-refractivity contribution in [2.75, 3.05) is 6.54 Å². The van der Waals surface area contributed by atoms with E-state index in [1.807, 2.05) is 0 Å². The number of nitrogens with one attached hydrogen (secondary N) is 1. The van der Waals surface area contributed by atoms with E-state index < -0.39 is 5.91 Å². The van der Waals surface area contributed by atoms with Crippen LogP contribution in [0.3, 0.4) is 0 Å². The van der Waals surface area contributed by atoms with Gasteiger partial charge in [-0.15, -0.1) is 6.42 Å². The van der Waals surface area contributed by atoms with Crippen molar-refractivity contribution < 1.29 is 4.79 Å². The van der Waals surface area contributed by atoms with Crippen molar-refractivity contribution in [1.82, 2.24) is 5.32 Å². The Morgan fingerprint density at radius 1 is 1.75 bits per heavy atom. The molecule has 0 aliphatic rings. The molecule has 0 aliphatic heterocycles. The molecule has 0 spiro atoms. The monoisotopic (exact) mass is 163 g/mol. The standard InChI is InChI=1S/C8H9N3O/c1-3-4-11-6(2)7(5-9)8(10)12/h1,11H,4H2,2H3,(H2,10,12)/b7-6-. The van der Waals surface area contributed by atoms with Gasteiger partial charge in [-0.05, 0) is 6.92 Å². The van der Waals surface area contributed by atoms with Crippen LogP contribution in [0.1, 0.15) is 6.92 Å². The second-order valence-corrected chi connectivity index (χ2v) is 2.03. The second-order valence-electron chi connectivity index (χ2n) is 2.03. The summed E-state index contributed by atoms with van der Waals surface area (Å²) >= 11 is 0. The largest absolute Gasteiger partial charge is 0.376 e. The molecule has 1 amide bonds. The lowest BCUT2D eigenvalue weighted by atomic mass is 10.2. The van der Waals surface area contributed by atoms with Gasteiger partial charge in [0.2, 0.25) is 0 Å². The maximum Gasteiger partial charge on any atom is 0.261 e. The molecular weight excluding hydrogens is 154 g/mol. The van der Waals surface area contributed by atoms with Gasteiger partial charge >= 0.3 is 0 Å². The van der Waals surface area contributed by atoms with Crippen LogP contribution in [-0.4, -0.2) is 12.5 Å². The number of terminal acetylenes is 1. The van der Waals surface area contributed by atoms with Crippen molar-refractivity contribution in [3.05, 3.63) is 11.3 Å². The highest BCUT2D eigenvalue weighted by atomic mass is 16.1. The van der Waals surface area contributed by atoms with Crippen LogP contribution in [-0.2, 0) is 4.79 Å². The smallest absolute Gasteiger partial charge is 0.261 e. The van der Waals surface area contributed by atoms with Crippen LogP contribution < -0.4 is 11.1 Å². The molecule has 0 aromatic rings. The molecule has 0 unspecified atom stereocenters. The van der Waals surface area contributed by atoms with E-state index >= 15 is 0 Å². The van der Waals surface area contributed by atoms with Crippen LogP contribution in [0, 0.1) is 23.7 Å². The minimum absolute atomic E-state index is 0.0924. The number of rotatable bonds is 3. The molecule has 0 rings (SSSR count). The van der Waals surface area contributed by atoms with E-state index in [-0.39, 0.29) is 12.1 Å². The molecule has 3 N–H and O–H groups in total. The maximum absolute atomic E-state index is 10.6. The van der Waals surface area contributed by atoms with Crippen molar-refractivity contribution in [3.63, 3.8) is 0 Å². The van der Waals surface area contributed by atoms with Gasteiger partial charge in [0.05, 0.1) is 6.54 Å². The first-order chi connectivity index (χ1) is 5.63. The first-order valence-corrected chi connectivity index (χ1v) is 3.21. The Hall–Kier alpha value is -1.94. The molecule has 0 aromatic carbocycles. The number of primary amides is 1. The minimum Gasteiger partial charge on any atom is -0.376 e. The number of nitrogens with zero attached hydrogens (tertiary/aromatic N) is 1. The summed E-state index contributed by atoms with van der Waals surface area (Å²) in [5, 5.41) is 11.2. The van der Waals surface area contributed by atoms with E-state index in [0.717, 1.165) is 0 Å². The number of nitriles is 1. The highest BCUT2D eigenvalue weighted by molar-refractivity contribution is 5.96. The molecule has 0 atom stereocenters. The third-order valence-corrected chi connectivity index (χ3v) is 1.19. The average Bonchev–Trinajstić information content (AvgIpc) is 2.01. The van der Waals surface area contributed by atoms with Crippen molar-refractivity contribution in [2.45, 2.75) is 6.92 Å². The molecule has 12 heavy (non-hydrogen) atoms. The number of hydrogen-bond donors (Lipinski definition) is 2.